The molecular weight excluding hydrogens is 280 g/mol. The molecule has 0 aliphatic carbocycles. The van der Waals surface area contributed by atoms with Crippen LogP contribution >= 0.6 is 12.4 Å². The molecule has 0 radical (unpaired) electrons. The van der Waals surface area contributed by atoms with Gasteiger partial charge in [0.1, 0.15) is 5.75 Å². The summed E-state index contributed by atoms with van der Waals surface area (Å²) in [7, 11) is 1.64. The van der Waals surface area contributed by atoms with Crippen LogP contribution in [0.1, 0.15) is 18.4 Å². The maximum Gasteiger partial charge on any atom is 0.221 e. The van der Waals surface area contributed by atoms with E-state index >= 15 is 0 Å². The summed E-state index contributed by atoms with van der Waals surface area (Å²) in [5.41, 5.74) is 6.38. The molecule has 0 aromatic heterocycles. The summed E-state index contributed by atoms with van der Waals surface area (Å²) >= 11 is 0. The molecule has 1 amide bonds. The van der Waals surface area contributed by atoms with Crippen LogP contribution in [0.3, 0.4) is 0 Å². The molecule has 1 rings (SSSR count). The largest absolute Gasteiger partial charge is 0.497 e. The zero-order chi connectivity index (χ0) is 13.9. The Balaban J connectivity index is 0.00000361. The summed E-state index contributed by atoms with van der Waals surface area (Å²) in [4.78, 5) is 11.1. The van der Waals surface area contributed by atoms with Gasteiger partial charge in [-0.05, 0) is 24.1 Å². The lowest BCUT2D eigenvalue weighted by atomic mass is 10.2. The highest BCUT2D eigenvalue weighted by atomic mass is 35.5. The monoisotopic (exact) mass is 302 g/mol. The molecule has 0 spiro atoms. The quantitative estimate of drug-likeness (QED) is 0.678. The average molecular weight is 303 g/mol. The van der Waals surface area contributed by atoms with Crippen molar-refractivity contribution in [2.24, 2.45) is 5.73 Å². The van der Waals surface area contributed by atoms with E-state index < -0.39 is 0 Å². The molecule has 0 heterocycles. The van der Waals surface area contributed by atoms with Crippen LogP contribution in [0.15, 0.2) is 24.3 Å². The molecular formula is C14H23ClN2O3. The first-order valence-electron chi connectivity index (χ1n) is 6.43. The Morgan fingerprint density at radius 3 is 2.60 bits per heavy atom. The Morgan fingerprint density at radius 1 is 1.30 bits per heavy atom. The first-order chi connectivity index (χ1) is 9.26. The van der Waals surface area contributed by atoms with Crippen LogP contribution in [0.2, 0.25) is 0 Å². The molecule has 0 unspecified atom stereocenters. The van der Waals surface area contributed by atoms with Gasteiger partial charge in [0, 0.05) is 26.1 Å². The van der Waals surface area contributed by atoms with Crippen molar-refractivity contribution in [3.05, 3.63) is 29.8 Å². The van der Waals surface area contributed by atoms with Crippen molar-refractivity contribution in [1.29, 1.82) is 0 Å². The second kappa shape index (κ2) is 11.5. The number of amides is 1. The van der Waals surface area contributed by atoms with Gasteiger partial charge in [0.15, 0.2) is 0 Å². The maximum atomic E-state index is 11.1. The van der Waals surface area contributed by atoms with E-state index in [1.54, 1.807) is 7.11 Å². The third-order valence-corrected chi connectivity index (χ3v) is 2.59. The van der Waals surface area contributed by atoms with Gasteiger partial charge in [0.05, 0.1) is 13.7 Å². The van der Waals surface area contributed by atoms with Gasteiger partial charge in [0.25, 0.3) is 0 Å². The van der Waals surface area contributed by atoms with Crippen LogP contribution in [0.25, 0.3) is 0 Å². The molecule has 5 nitrogen and oxygen atoms in total. The maximum absolute atomic E-state index is 11.1. The third kappa shape index (κ3) is 7.99. The summed E-state index contributed by atoms with van der Waals surface area (Å²) in [6.45, 7) is 2.21. The molecule has 0 aliphatic rings. The van der Waals surface area contributed by atoms with Crippen LogP contribution < -0.4 is 15.8 Å². The molecule has 0 fully saturated rings. The summed E-state index contributed by atoms with van der Waals surface area (Å²) in [5.74, 6) is 0.837. The smallest absolute Gasteiger partial charge is 0.221 e. The van der Waals surface area contributed by atoms with Gasteiger partial charge in [-0.15, -0.1) is 12.4 Å². The third-order valence-electron chi connectivity index (χ3n) is 2.59. The number of rotatable bonds is 9. The molecule has 6 heteroatoms. The standard InChI is InChI=1S/C14H22N2O3.ClH/c1-18-13-5-3-12(4-6-13)11-19-10-2-9-16-14(17)7-8-15;/h3-6H,2,7-11,15H2,1H3,(H,16,17);1H. The summed E-state index contributed by atoms with van der Waals surface area (Å²) in [5, 5.41) is 2.78. The van der Waals surface area contributed by atoms with Gasteiger partial charge in [-0.2, -0.15) is 0 Å². The van der Waals surface area contributed by atoms with E-state index in [9.17, 15) is 4.79 Å². The highest BCUT2D eigenvalue weighted by Gasteiger charge is 1.98. The van der Waals surface area contributed by atoms with Crippen molar-refractivity contribution < 1.29 is 14.3 Å². The first kappa shape index (κ1) is 18.7. The topological polar surface area (TPSA) is 73.6 Å². The van der Waals surface area contributed by atoms with E-state index in [2.05, 4.69) is 5.32 Å². The molecule has 114 valence electrons. The highest BCUT2D eigenvalue weighted by Crippen LogP contribution is 2.11. The SMILES string of the molecule is COc1ccc(COCCCNC(=O)CCN)cc1.Cl. The fourth-order valence-corrected chi connectivity index (χ4v) is 1.53. The van der Waals surface area contributed by atoms with E-state index in [0.29, 0.717) is 32.7 Å². The Labute approximate surface area is 126 Å². The van der Waals surface area contributed by atoms with E-state index in [-0.39, 0.29) is 18.3 Å². The van der Waals surface area contributed by atoms with Gasteiger partial charge in [-0.1, -0.05) is 12.1 Å². The number of benzene rings is 1. The molecule has 1 aromatic carbocycles. The molecule has 0 aliphatic heterocycles. The number of nitrogens with one attached hydrogen (secondary N) is 1. The number of hydrogen-bond acceptors (Lipinski definition) is 4. The van der Waals surface area contributed by atoms with Gasteiger partial charge < -0.3 is 20.5 Å². The molecule has 0 saturated carbocycles. The number of methoxy groups -OCH3 is 1. The lowest BCUT2D eigenvalue weighted by Gasteiger charge is -2.06. The van der Waals surface area contributed by atoms with Gasteiger partial charge >= 0.3 is 0 Å². The number of carbonyl (C=O) groups is 1. The Morgan fingerprint density at radius 2 is 2.00 bits per heavy atom. The van der Waals surface area contributed by atoms with E-state index in [1.807, 2.05) is 24.3 Å². The van der Waals surface area contributed by atoms with Gasteiger partial charge in [0.2, 0.25) is 5.91 Å². The minimum Gasteiger partial charge on any atom is -0.497 e. The molecule has 3 N–H and O–H groups in total. The summed E-state index contributed by atoms with van der Waals surface area (Å²) in [6, 6.07) is 7.77. The van der Waals surface area contributed by atoms with Crippen molar-refractivity contribution in [3.8, 4) is 5.75 Å². The summed E-state index contributed by atoms with van der Waals surface area (Å²) < 4.78 is 10.6. The molecule has 20 heavy (non-hydrogen) atoms. The van der Waals surface area contributed by atoms with Crippen molar-refractivity contribution >= 4 is 18.3 Å². The van der Waals surface area contributed by atoms with Crippen molar-refractivity contribution in [3.63, 3.8) is 0 Å². The molecule has 1 aromatic rings. The van der Waals surface area contributed by atoms with Crippen molar-refractivity contribution in [2.45, 2.75) is 19.4 Å². The Kier molecular flexibility index (Phi) is 10.8. The van der Waals surface area contributed by atoms with Crippen LogP contribution in [-0.4, -0.2) is 32.7 Å². The first-order valence-corrected chi connectivity index (χ1v) is 6.43. The zero-order valence-electron chi connectivity index (χ0n) is 11.8. The fraction of sp³-hybridized carbons (Fsp3) is 0.500. The van der Waals surface area contributed by atoms with Gasteiger partial charge in [-0.3, -0.25) is 4.79 Å². The minimum atomic E-state index is -0.00217. The van der Waals surface area contributed by atoms with Gasteiger partial charge in [-0.25, -0.2) is 0 Å². The second-order valence-electron chi connectivity index (χ2n) is 4.14. The summed E-state index contributed by atoms with van der Waals surface area (Å²) in [6.07, 6.45) is 1.18. The zero-order valence-corrected chi connectivity index (χ0v) is 12.6. The lowest BCUT2D eigenvalue weighted by molar-refractivity contribution is -0.120. The van der Waals surface area contributed by atoms with Crippen molar-refractivity contribution in [2.75, 3.05) is 26.8 Å². The number of nitrogens with two attached hydrogens (primary N) is 1. The van der Waals surface area contributed by atoms with E-state index in [4.69, 9.17) is 15.2 Å². The van der Waals surface area contributed by atoms with Crippen LogP contribution in [-0.2, 0) is 16.1 Å². The highest BCUT2D eigenvalue weighted by molar-refractivity contribution is 5.85. The molecule has 0 bridgehead atoms. The predicted molar refractivity (Wildman–Crippen MR) is 81.2 cm³/mol. The number of hydrogen-bond donors (Lipinski definition) is 2. The second-order valence-corrected chi connectivity index (χ2v) is 4.14. The normalized spacial score (nSPS) is 9.70. The van der Waals surface area contributed by atoms with Crippen LogP contribution in [0.4, 0.5) is 0 Å². The number of ether oxygens (including phenoxy) is 2. The fourth-order valence-electron chi connectivity index (χ4n) is 1.53. The van der Waals surface area contributed by atoms with Crippen molar-refractivity contribution in [1.82, 2.24) is 5.32 Å². The number of halogens is 1. The lowest BCUT2D eigenvalue weighted by Crippen LogP contribution is -2.27. The molecule has 0 atom stereocenters. The molecule has 0 saturated heterocycles. The Hall–Kier alpha value is -1.30. The number of carbonyl (C=O) groups excluding carboxylic acids is 1. The van der Waals surface area contributed by atoms with Crippen LogP contribution in [0.5, 0.6) is 5.75 Å². The van der Waals surface area contributed by atoms with E-state index in [1.165, 1.54) is 0 Å². The minimum absolute atomic E-state index is 0. The predicted octanol–water partition coefficient (Wildman–Crippen LogP) is 1.49. The average Bonchev–Trinajstić information content (AvgIpc) is 2.43. The Bertz CT molecular complexity index is 371. The van der Waals surface area contributed by atoms with Crippen LogP contribution in [0, 0.1) is 0 Å². The van der Waals surface area contributed by atoms with E-state index in [0.717, 1.165) is 17.7 Å².